The first-order valence-corrected chi connectivity index (χ1v) is 5.25. The van der Waals surface area contributed by atoms with Gasteiger partial charge in [0.2, 0.25) is 0 Å². The van der Waals surface area contributed by atoms with Crippen molar-refractivity contribution in [3.8, 4) is 0 Å². The number of hydrogen-bond donors (Lipinski definition) is 2. The lowest BCUT2D eigenvalue weighted by molar-refractivity contribution is -0.147. The number of nitrogens with two attached hydrogens (primary N) is 1. The number of carbonyl (C=O) groups is 2. The molecule has 0 amide bonds. The average molecular weight is 241 g/mol. The monoisotopic (exact) mass is 241 g/mol. The van der Waals surface area contributed by atoms with Crippen molar-refractivity contribution in [2.45, 2.75) is 26.3 Å². The molecule has 7 nitrogen and oxygen atoms in total. The van der Waals surface area contributed by atoms with Gasteiger partial charge in [0.05, 0.1) is 12.3 Å². The van der Waals surface area contributed by atoms with Crippen molar-refractivity contribution in [3.05, 3.63) is 11.9 Å². The molecule has 1 aromatic heterocycles. The Morgan fingerprint density at radius 2 is 2.24 bits per heavy atom. The zero-order valence-electron chi connectivity index (χ0n) is 9.71. The van der Waals surface area contributed by atoms with Gasteiger partial charge in [0.1, 0.15) is 6.04 Å². The number of anilines is 1. The quantitative estimate of drug-likeness (QED) is 0.734. The number of aromatic carboxylic acids is 1. The molecule has 1 heterocycles. The van der Waals surface area contributed by atoms with Gasteiger partial charge in [-0.2, -0.15) is 5.10 Å². The van der Waals surface area contributed by atoms with Gasteiger partial charge in [0.25, 0.3) is 0 Å². The number of hydrogen-bond acceptors (Lipinski definition) is 5. The van der Waals surface area contributed by atoms with Crippen LogP contribution in [0.2, 0.25) is 0 Å². The molecule has 17 heavy (non-hydrogen) atoms. The summed E-state index contributed by atoms with van der Waals surface area (Å²) in [6, 6.07) is -0.648. The predicted molar refractivity (Wildman–Crippen MR) is 59.6 cm³/mol. The lowest BCUT2D eigenvalue weighted by atomic mass is 10.2. The molecule has 1 rings (SSSR count). The second-order valence-corrected chi connectivity index (χ2v) is 3.39. The fraction of sp³-hybridized carbons (Fsp3) is 0.500. The minimum absolute atomic E-state index is 0.0280. The van der Waals surface area contributed by atoms with Gasteiger partial charge in [0, 0.05) is 6.20 Å². The number of esters is 1. The van der Waals surface area contributed by atoms with Crippen molar-refractivity contribution >= 4 is 17.6 Å². The van der Waals surface area contributed by atoms with Gasteiger partial charge >= 0.3 is 11.9 Å². The normalized spacial score (nSPS) is 12.1. The van der Waals surface area contributed by atoms with Crippen molar-refractivity contribution in [2.24, 2.45) is 0 Å². The third-order valence-electron chi connectivity index (χ3n) is 2.23. The molecule has 1 aromatic rings. The molecule has 0 bridgehead atoms. The van der Waals surface area contributed by atoms with Crippen LogP contribution in [0.4, 0.5) is 5.69 Å². The van der Waals surface area contributed by atoms with E-state index in [0.717, 1.165) is 0 Å². The lowest BCUT2D eigenvalue weighted by Gasteiger charge is -2.13. The van der Waals surface area contributed by atoms with Crippen molar-refractivity contribution in [1.29, 1.82) is 0 Å². The van der Waals surface area contributed by atoms with Crippen LogP contribution in [0.15, 0.2) is 6.20 Å². The van der Waals surface area contributed by atoms with Gasteiger partial charge in [-0.25, -0.2) is 9.59 Å². The van der Waals surface area contributed by atoms with E-state index in [0.29, 0.717) is 6.42 Å². The van der Waals surface area contributed by atoms with Crippen LogP contribution in [0.25, 0.3) is 0 Å². The molecule has 1 atom stereocenters. The Labute approximate surface area is 98.2 Å². The van der Waals surface area contributed by atoms with Gasteiger partial charge in [-0.1, -0.05) is 6.92 Å². The molecule has 0 radical (unpaired) electrons. The maximum atomic E-state index is 11.6. The number of aromatic nitrogens is 2. The van der Waals surface area contributed by atoms with E-state index >= 15 is 0 Å². The van der Waals surface area contributed by atoms with E-state index in [9.17, 15) is 9.59 Å². The SMILES string of the molecule is CCOC(=O)C(CC)n1cc(N)c(C(=O)O)n1. The van der Waals surface area contributed by atoms with Crippen LogP contribution in [0, 0.1) is 0 Å². The molecular formula is C10H15N3O4. The second-order valence-electron chi connectivity index (χ2n) is 3.39. The number of rotatable bonds is 5. The maximum Gasteiger partial charge on any atom is 0.358 e. The third-order valence-corrected chi connectivity index (χ3v) is 2.23. The highest BCUT2D eigenvalue weighted by Crippen LogP contribution is 2.17. The van der Waals surface area contributed by atoms with E-state index in [1.807, 2.05) is 0 Å². The van der Waals surface area contributed by atoms with Crippen LogP contribution in [0.5, 0.6) is 0 Å². The molecule has 3 N–H and O–H groups in total. The largest absolute Gasteiger partial charge is 0.476 e. The highest BCUT2D eigenvalue weighted by molar-refractivity contribution is 5.91. The summed E-state index contributed by atoms with van der Waals surface area (Å²) in [5.74, 6) is -1.67. The Morgan fingerprint density at radius 3 is 2.65 bits per heavy atom. The molecular weight excluding hydrogens is 226 g/mol. The molecule has 0 fully saturated rings. The summed E-state index contributed by atoms with van der Waals surface area (Å²) < 4.78 is 6.10. The van der Waals surface area contributed by atoms with Crippen LogP contribution in [-0.2, 0) is 9.53 Å². The van der Waals surface area contributed by atoms with Crippen molar-refractivity contribution in [2.75, 3.05) is 12.3 Å². The van der Waals surface area contributed by atoms with Crippen LogP contribution in [0.1, 0.15) is 36.8 Å². The summed E-state index contributed by atoms with van der Waals surface area (Å²) in [6.45, 7) is 3.74. The number of nitrogen functional groups attached to an aromatic ring is 1. The van der Waals surface area contributed by atoms with Crippen LogP contribution in [0.3, 0.4) is 0 Å². The van der Waals surface area contributed by atoms with Crippen LogP contribution >= 0.6 is 0 Å². The Bertz CT molecular complexity index is 427. The van der Waals surface area contributed by atoms with Gasteiger partial charge < -0.3 is 15.6 Å². The topological polar surface area (TPSA) is 107 Å². The maximum absolute atomic E-state index is 11.6. The lowest BCUT2D eigenvalue weighted by Crippen LogP contribution is -2.22. The summed E-state index contributed by atoms with van der Waals surface area (Å²) in [5, 5.41) is 12.6. The minimum atomic E-state index is -1.22. The summed E-state index contributed by atoms with van der Waals surface area (Å²) in [6.07, 6.45) is 1.77. The summed E-state index contributed by atoms with van der Waals surface area (Å²) in [7, 11) is 0. The zero-order chi connectivity index (χ0) is 13.0. The first kappa shape index (κ1) is 13.0. The average Bonchev–Trinajstić information content (AvgIpc) is 2.62. The van der Waals surface area contributed by atoms with Crippen molar-refractivity contribution in [3.63, 3.8) is 0 Å². The molecule has 94 valence electrons. The number of carbonyl (C=O) groups excluding carboxylic acids is 1. The Kier molecular flexibility index (Phi) is 4.08. The minimum Gasteiger partial charge on any atom is -0.476 e. The van der Waals surface area contributed by atoms with Crippen molar-refractivity contribution < 1.29 is 19.4 Å². The number of carboxylic acid groups (broad SMARTS) is 1. The summed E-state index contributed by atoms with van der Waals surface area (Å²) in [4.78, 5) is 22.4. The molecule has 0 aromatic carbocycles. The molecule has 1 unspecified atom stereocenters. The molecule has 0 aliphatic rings. The summed E-state index contributed by atoms with van der Waals surface area (Å²) >= 11 is 0. The number of ether oxygens (including phenoxy) is 1. The van der Waals surface area contributed by atoms with E-state index in [-0.39, 0.29) is 18.0 Å². The van der Waals surface area contributed by atoms with Crippen LogP contribution < -0.4 is 5.73 Å². The highest BCUT2D eigenvalue weighted by atomic mass is 16.5. The van der Waals surface area contributed by atoms with Crippen molar-refractivity contribution in [1.82, 2.24) is 9.78 Å². The molecule has 0 aliphatic carbocycles. The first-order valence-electron chi connectivity index (χ1n) is 5.25. The first-order chi connectivity index (χ1) is 8.01. The van der Waals surface area contributed by atoms with Gasteiger partial charge in [-0.3, -0.25) is 4.68 Å². The van der Waals surface area contributed by atoms with E-state index in [1.54, 1.807) is 13.8 Å². The summed E-state index contributed by atoms with van der Waals surface area (Å²) in [5.41, 5.74) is 5.26. The molecule has 7 heteroatoms. The predicted octanol–water partition coefficient (Wildman–Crippen LogP) is 0.678. The van der Waals surface area contributed by atoms with E-state index in [2.05, 4.69) is 5.10 Å². The smallest absolute Gasteiger partial charge is 0.358 e. The van der Waals surface area contributed by atoms with Crippen LogP contribution in [-0.4, -0.2) is 33.4 Å². The second kappa shape index (κ2) is 5.33. The van der Waals surface area contributed by atoms with E-state index in [4.69, 9.17) is 15.6 Å². The van der Waals surface area contributed by atoms with Gasteiger partial charge in [-0.15, -0.1) is 0 Å². The highest BCUT2D eigenvalue weighted by Gasteiger charge is 2.23. The molecule has 0 saturated heterocycles. The van der Waals surface area contributed by atoms with Gasteiger partial charge in [0.15, 0.2) is 5.69 Å². The number of carboxylic acids is 1. The molecule has 0 aliphatic heterocycles. The molecule has 0 saturated carbocycles. The zero-order valence-corrected chi connectivity index (χ0v) is 9.71. The Balaban J connectivity index is 3.00. The molecule has 0 spiro atoms. The Hall–Kier alpha value is -2.05. The van der Waals surface area contributed by atoms with E-state index in [1.165, 1.54) is 10.9 Å². The fourth-order valence-corrected chi connectivity index (χ4v) is 1.43. The Morgan fingerprint density at radius 1 is 1.59 bits per heavy atom. The standard InChI is InChI=1S/C10H15N3O4/c1-3-7(10(16)17-4-2)13-5-6(11)8(12-13)9(14)15/h5,7H,3-4,11H2,1-2H3,(H,14,15). The third kappa shape index (κ3) is 2.74. The fourth-order valence-electron chi connectivity index (χ4n) is 1.43. The van der Waals surface area contributed by atoms with Gasteiger partial charge in [-0.05, 0) is 13.3 Å². The van der Waals surface area contributed by atoms with E-state index < -0.39 is 18.0 Å². The number of nitrogens with zero attached hydrogens (tertiary/aromatic N) is 2.